The molecule has 2 aromatic heterocycles. The second kappa shape index (κ2) is 4.47. The van der Waals surface area contributed by atoms with Crippen molar-refractivity contribution >= 4 is 11.0 Å². The zero-order valence-electron chi connectivity index (χ0n) is 11.4. The first-order valence-corrected chi connectivity index (χ1v) is 6.42. The summed E-state index contributed by atoms with van der Waals surface area (Å²) in [7, 11) is 0. The van der Waals surface area contributed by atoms with Crippen molar-refractivity contribution in [2.45, 2.75) is 53.0 Å². The van der Waals surface area contributed by atoms with Crippen molar-refractivity contribution in [1.29, 1.82) is 0 Å². The first kappa shape index (κ1) is 12.1. The fraction of sp³-hybridized carbons (Fsp3) is 0.571. The van der Waals surface area contributed by atoms with Crippen LogP contribution >= 0.6 is 0 Å². The van der Waals surface area contributed by atoms with Crippen LogP contribution in [0, 0.1) is 0 Å². The molecule has 2 heterocycles. The number of hydrogen-bond donors (Lipinski definition) is 0. The number of pyridine rings is 1. The van der Waals surface area contributed by atoms with Gasteiger partial charge in [0.1, 0.15) is 0 Å². The molecule has 0 unspecified atom stereocenters. The quantitative estimate of drug-likeness (QED) is 0.806. The zero-order chi connectivity index (χ0) is 12.6. The first-order valence-electron chi connectivity index (χ1n) is 6.42. The van der Waals surface area contributed by atoms with Crippen LogP contribution in [0.5, 0.6) is 0 Å². The predicted molar refractivity (Wildman–Crippen MR) is 71.4 cm³/mol. The Kier molecular flexibility index (Phi) is 3.18. The van der Waals surface area contributed by atoms with Gasteiger partial charge in [0.15, 0.2) is 5.65 Å². The summed E-state index contributed by atoms with van der Waals surface area (Å²) in [6.07, 6.45) is 0. The Bertz CT molecular complexity index is 523. The van der Waals surface area contributed by atoms with E-state index in [1.807, 2.05) is 4.68 Å². The van der Waals surface area contributed by atoms with Crippen molar-refractivity contribution in [3.8, 4) is 0 Å². The number of fused-ring (bicyclic) bond motifs is 1. The monoisotopic (exact) mass is 231 g/mol. The topological polar surface area (TPSA) is 30.7 Å². The standard InChI is InChI=1S/C14H21N3/c1-6-17-14-11(13(16-17)10(4)5)7-8-12(15-14)9(2)3/h7-10H,6H2,1-5H3. The fourth-order valence-corrected chi connectivity index (χ4v) is 2.06. The summed E-state index contributed by atoms with van der Waals surface area (Å²) in [6.45, 7) is 11.7. The van der Waals surface area contributed by atoms with Crippen LogP contribution in [0.25, 0.3) is 11.0 Å². The number of rotatable bonds is 3. The maximum atomic E-state index is 4.75. The molecule has 0 aliphatic rings. The molecule has 0 aliphatic carbocycles. The molecule has 0 fully saturated rings. The molecule has 3 nitrogen and oxygen atoms in total. The van der Waals surface area contributed by atoms with Crippen molar-refractivity contribution < 1.29 is 0 Å². The van der Waals surface area contributed by atoms with Gasteiger partial charge in [-0.25, -0.2) is 9.67 Å². The Morgan fingerprint density at radius 2 is 1.82 bits per heavy atom. The van der Waals surface area contributed by atoms with Crippen LogP contribution in [0.3, 0.4) is 0 Å². The largest absolute Gasteiger partial charge is 0.247 e. The minimum atomic E-state index is 0.442. The third-order valence-corrected chi connectivity index (χ3v) is 3.08. The van der Waals surface area contributed by atoms with Gasteiger partial charge >= 0.3 is 0 Å². The van der Waals surface area contributed by atoms with Crippen LogP contribution in [-0.4, -0.2) is 14.8 Å². The zero-order valence-corrected chi connectivity index (χ0v) is 11.4. The van der Waals surface area contributed by atoms with Crippen molar-refractivity contribution in [2.24, 2.45) is 0 Å². The highest BCUT2D eigenvalue weighted by atomic mass is 15.3. The van der Waals surface area contributed by atoms with Crippen molar-refractivity contribution in [3.05, 3.63) is 23.5 Å². The van der Waals surface area contributed by atoms with Gasteiger partial charge in [-0.1, -0.05) is 27.7 Å². The lowest BCUT2D eigenvalue weighted by molar-refractivity contribution is 0.647. The van der Waals surface area contributed by atoms with Gasteiger partial charge in [-0.2, -0.15) is 5.10 Å². The van der Waals surface area contributed by atoms with E-state index in [1.165, 1.54) is 5.39 Å². The van der Waals surface area contributed by atoms with E-state index in [0.29, 0.717) is 11.8 Å². The molecule has 2 aromatic rings. The van der Waals surface area contributed by atoms with Gasteiger partial charge in [0, 0.05) is 17.6 Å². The molecule has 0 saturated heterocycles. The second-order valence-electron chi connectivity index (χ2n) is 5.12. The maximum absolute atomic E-state index is 4.75. The van der Waals surface area contributed by atoms with Gasteiger partial charge in [-0.05, 0) is 30.9 Å². The highest BCUT2D eigenvalue weighted by molar-refractivity contribution is 5.79. The Labute approximate surface area is 103 Å². The van der Waals surface area contributed by atoms with Gasteiger partial charge in [-0.3, -0.25) is 0 Å². The van der Waals surface area contributed by atoms with Gasteiger partial charge in [0.05, 0.1) is 5.69 Å². The molecule has 0 radical (unpaired) electrons. The normalized spacial score (nSPS) is 11.9. The summed E-state index contributed by atoms with van der Waals surface area (Å²) in [5.74, 6) is 0.902. The molecule has 0 bridgehead atoms. The first-order chi connectivity index (χ1) is 8.04. The van der Waals surface area contributed by atoms with E-state index in [-0.39, 0.29) is 0 Å². The summed E-state index contributed by atoms with van der Waals surface area (Å²) in [4.78, 5) is 4.75. The molecule has 0 aromatic carbocycles. The van der Waals surface area contributed by atoms with Crippen LogP contribution in [0.4, 0.5) is 0 Å². The summed E-state index contributed by atoms with van der Waals surface area (Å²) < 4.78 is 2.01. The number of aromatic nitrogens is 3. The van der Waals surface area contributed by atoms with Gasteiger partial charge in [0.2, 0.25) is 0 Å². The molecule has 0 aliphatic heterocycles. The van der Waals surface area contributed by atoms with Crippen LogP contribution in [0.1, 0.15) is 57.8 Å². The van der Waals surface area contributed by atoms with Crippen molar-refractivity contribution in [1.82, 2.24) is 14.8 Å². The van der Waals surface area contributed by atoms with Gasteiger partial charge < -0.3 is 0 Å². The SMILES string of the molecule is CCn1nc(C(C)C)c2ccc(C(C)C)nc21. The van der Waals surface area contributed by atoms with Crippen LogP contribution in [-0.2, 0) is 6.54 Å². The average Bonchev–Trinajstić information content (AvgIpc) is 2.66. The number of nitrogens with zero attached hydrogens (tertiary/aromatic N) is 3. The molecule has 17 heavy (non-hydrogen) atoms. The molecule has 0 atom stereocenters. The van der Waals surface area contributed by atoms with E-state index in [1.54, 1.807) is 0 Å². The molecular formula is C14H21N3. The van der Waals surface area contributed by atoms with E-state index >= 15 is 0 Å². The highest BCUT2D eigenvalue weighted by Gasteiger charge is 2.14. The summed E-state index contributed by atoms with van der Waals surface area (Å²) in [6, 6.07) is 4.30. The second-order valence-corrected chi connectivity index (χ2v) is 5.12. The molecule has 3 heteroatoms. The van der Waals surface area contributed by atoms with Crippen LogP contribution < -0.4 is 0 Å². The minimum absolute atomic E-state index is 0.442. The van der Waals surface area contributed by atoms with Crippen LogP contribution in [0.15, 0.2) is 12.1 Å². The fourth-order valence-electron chi connectivity index (χ4n) is 2.06. The third-order valence-electron chi connectivity index (χ3n) is 3.08. The molecule has 0 N–H and O–H groups in total. The van der Waals surface area contributed by atoms with E-state index in [2.05, 4.69) is 51.9 Å². The lowest BCUT2D eigenvalue weighted by Crippen LogP contribution is -2.00. The molecule has 2 rings (SSSR count). The van der Waals surface area contributed by atoms with E-state index in [9.17, 15) is 0 Å². The third kappa shape index (κ3) is 2.06. The molecule has 0 amide bonds. The molecule has 0 spiro atoms. The van der Waals surface area contributed by atoms with Crippen molar-refractivity contribution in [3.63, 3.8) is 0 Å². The minimum Gasteiger partial charge on any atom is -0.247 e. The molecular weight excluding hydrogens is 210 g/mol. The number of hydrogen-bond acceptors (Lipinski definition) is 2. The Morgan fingerprint density at radius 3 is 2.35 bits per heavy atom. The Hall–Kier alpha value is -1.38. The summed E-state index contributed by atoms with van der Waals surface area (Å²) in [5, 5.41) is 5.86. The number of aryl methyl sites for hydroxylation is 1. The molecule has 0 saturated carbocycles. The lowest BCUT2D eigenvalue weighted by atomic mass is 10.1. The summed E-state index contributed by atoms with van der Waals surface area (Å²) in [5.41, 5.74) is 3.33. The van der Waals surface area contributed by atoms with Gasteiger partial charge in [-0.15, -0.1) is 0 Å². The molecule has 92 valence electrons. The average molecular weight is 231 g/mol. The van der Waals surface area contributed by atoms with Crippen LogP contribution in [0.2, 0.25) is 0 Å². The van der Waals surface area contributed by atoms with E-state index < -0.39 is 0 Å². The Morgan fingerprint density at radius 1 is 1.12 bits per heavy atom. The Balaban J connectivity index is 2.68. The van der Waals surface area contributed by atoms with Crippen molar-refractivity contribution in [2.75, 3.05) is 0 Å². The maximum Gasteiger partial charge on any atom is 0.158 e. The highest BCUT2D eigenvalue weighted by Crippen LogP contribution is 2.25. The van der Waals surface area contributed by atoms with E-state index in [0.717, 1.165) is 23.6 Å². The smallest absolute Gasteiger partial charge is 0.158 e. The van der Waals surface area contributed by atoms with Gasteiger partial charge in [0.25, 0.3) is 0 Å². The summed E-state index contributed by atoms with van der Waals surface area (Å²) >= 11 is 0. The van der Waals surface area contributed by atoms with E-state index in [4.69, 9.17) is 4.98 Å². The lowest BCUT2D eigenvalue weighted by Gasteiger charge is -2.05. The predicted octanol–water partition coefficient (Wildman–Crippen LogP) is 3.70.